The SMILES string of the molecule is Cc1ccc(Br)c(O)c1C(C)CC(=O)O. The minimum atomic E-state index is -0.860. The molecule has 4 heteroatoms. The fraction of sp³-hybridized carbons (Fsp3) is 0.364. The van der Waals surface area contributed by atoms with Gasteiger partial charge in [-0.05, 0) is 40.4 Å². The molecule has 0 bridgehead atoms. The standard InChI is InChI=1S/C11H13BrO3/c1-6-3-4-8(12)11(15)10(6)7(2)5-9(13)14/h3-4,7,15H,5H2,1-2H3,(H,13,14). The number of phenols is 1. The van der Waals surface area contributed by atoms with Crippen LogP contribution < -0.4 is 0 Å². The third-order valence-electron chi connectivity index (χ3n) is 2.36. The first kappa shape index (κ1) is 12.0. The van der Waals surface area contributed by atoms with Gasteiger partial charge < -0.3 is 10.2 Å². The van der Waals surface area contributed by atoms with Crippen molar-refractivity contribution < 1.29 is 15.0 Å². The van der Waals surface area contributed by atoms with Gasteiger partial charge in [0, 0.05) is 5.56 Å². The summed E-state index contributed by atoms with van der Waals surface area (Å²) in [7, 11) is 0. The van der Waals surface area contributed by atoms with Gasteiger partial charge in [0.25, 0.3) is 0 Å². The van der Waals surface area contributed by atoms with E-state index >= 15 is 0 Å². The van der Waals surface area contributed by atoms with E-state index in [0.717, 1.165) is 5.56 Å². The number of hydrogen-bond acceptors (Lipinski definition) is 2. The Balaban J connectivity index is 3.12. The molecule has 1 unspecified atom stereocenters. The van der Waals surface area contributed by atoms with Gasteiger partial charge in [0.05, 0.1) is 10.9 Å². The number of halogens is 1. The van der Waals surface area contributed by atoms with Crippen molar-refractivity contribution in [2.45, 2.75) is 26.2 Å². The monoisotopic (exact) mass is 272 g/mol. The highest BCUT2D eigenvalue weighted by atomic mass is 79.9. The highest BCUT2D eigenvalue weighted by Gasteiger charge is 2.17. The van der Waals surface area contributed by atoms with E-state index in [1.54, 1.807) is 13.0 Å². The number of aryl methyl sites for hydroxylation is 1. The van der Waals surface area contributed by atoms with Gasteiger partial charge in [0.1, 0.15) is 5.75 Å². The summed E-state index contributed by atoms with van der Waals surface area (Å²) in [4.78, 5) is 10.6. The predicted octanol–water partition coefficient (Wildman–Crippen LogP) is 3.04. The van der Waals surface area contributed by atoms with Gasteiger partial charge in [-0.3, -0.25) is 4.79 Å². The minimum Gasteiger partial charge on any atom is -0.506 e. The molecule has 0 fully saturated rings. The first-order valence-electron chi connectivity index (χ1n) is 4.63. The van der Waals surface area contributed by atoms with Crippen molar-refractivity contribution in [3.63, 3.8) is 0 Å². The molecule has 1 atom stereocenters. The molecule has 0 saturated heterocycles. The second-order valence-corrected chi connectivity index (χ2v) is 4.48. The Morgan fingerprint density at radius 3 is 2.67 bits per heavy atom. The number of carboxylic acid groups (broad SMARTS) is 1. The summed E-state index contributed by atoms with van der Waals surface area (Å²) < 4.78 is 0.598. The van der Waals surface area contributed by atoms with Crippen LogP contribution in [0.2, 0.25) is 0 Å². The van der Waals surface area contributed by atoms with Gasteiger partial charge in [-0.1, -0.05) is 13.0 Å². The van der Waals surface area contributed by atoms with Gasteiger partial charge in [0.2, 0.25) is 0 Å². The normalized spacial score (nSPS) is 12.5. The molecule has 0 amide bonds. The maximum absolute atomic E-state index is 10.6. The lowest BCUT2D eigenvalue weighted by atomic mass is 9.93. The van der Waals surface area contributed by atoms with Gasteiger partial charge in [-0.15, -0.1) is 0 Å². The second kappa shape index (κ2) is 4.66. The van der Waals surface area contributed by atoms with Gasteiger partial charge in [-0.2, -0.15) is 0 Å². The molecule has 1 aromatic rings. The van der Waals surface area contributed by atoms with E-state index in [1.165, 1.54) is 0 Å². The molecule has 0 aromatic heterocycles. The molecule has 0 aliphatic carbocycles. The maximum Gasteiger partial charge on any atom is 0.303 e. The van der Waals surface area contributed by atoms with Crippen LogP contribution in [0.5, 0.6) is 5.75 Å². The third-order valence-corrected chi connectivity index (χ3v) is 3.00. The van der Waals surface area contributed by atoms with Gasteiger partial charge in [-0.25, -0.2) is 0 Å². The predicted molar refractivity (Wildman–Crippen MR) is 61.2 cm³/mol. The largest absolute Gasteiger partial charge is 0.506 e. The Kier molecular flexibility index (Phi) is 3.74. The third kappa shape index (κ3) is 2.72. The number of benzene rings is 1. The Labute approximate surface area is 96.9 Å². The molecule has 0 aliphatic heterocycles. The zero-order chi connectivity index (χ0) is 11.6. The first-order valence-corrected chi connectivity index (χ1v) is 5.42. The van der Waals surface area contributed by atoms with E-state index in [2.05, 4.69) is 15.9 Å². The summed E-state index contributed by atoms with van der Waals surface area (Å²) in [6, 6.07) is 3.61. The van der Waals surface area contributed by atoms with Crippen LogP contribution in [0.3, 0.4) is 0 Å². The fourth-order valence-corrected chi connectivity index (χ4v) is 2.01. The zero-order valence-electron chi connectivity index (χ0n) is 8.62. The summed E-state index contributed by atoms with van der Waals surface area (Å²) in [5, 5.41) is 18.5. The maximum atomic E-state index is 10.6. The summed E-state index contributed by atoms with van der Waals surface area (Å²) >= 11 is 3.22. The molecule has 0 radical (unpaired) electrons. The lowest BCUT2D eigenvalue weighted by Gasteiger charge is -2.15. The minimum absolute atomic E-state index is 0.0187. The number of aromatic hydroxyl groups is 1. The molecule has 0 heterocycles. The van der Waals surface area contributed by atoms with Crippen LogP contribution in [-0.2, 0) is 4.79 Å². The van der Waals surface area contributed by atoms with Crippen LogP contribution in [0.15, 0.2) is 16.6 Å². The van der Waals surface area contributed by atoms with Crippen molar-refractivity contribution >= 4 is 21.9 Å². The number of carboxylic acids is 1. The van der Waals surface area contributed by atoms with Crippen LogP contribution in [0.1, 0.15) is 30.4 Å². The summed E-state index contributed by atoms with van der Waals surface area (Å²) in [5.74, 6) is -0.912. The van der Waals surface area contributed by atoms with Crippen LogP contribution in [-0.4, -0.2) is 16.2 Å². The quantitative estimate of drug-likeness (QED) is 0.889. The number of rotatable bonds is 3. The molecule has 1 aromatic carbocycles. The molecule has 82 valence electrons. The number of carbonyl (C=O) groups is 1. The highest BCUT2D eigenvalue weighted by Crippen LogP contribution is 2.36. The van der Waals surface area contributed by atoms with Crippen LogP contribution in [0.4, 0.5) is 0 Å². The average Bonchev–Trinajstić information content (AvgIpc) is 2.11. The fourth-order valence-electron chi connectivity index (χ4n) is 1.67. The summed E-state index contributed by atoms with van der Waals surface area (Å²) in [5.41, 5.74) is 1.61. The lowest BCUT2D eigenvalue weighted by Crippen LogP contribution is -2.04. The molecule has 0 saturated carbocycles. The van der Waals surface area contributed by atoms with Crippen molar-refractivity contribution in [1.29, 1.82) is 0 Å². The molecule has 0 aliphatic rings. The van der Waals surface area contributed by atoms with Crippen LogP contribution in [0, 0.1) is 6.92 Å². The van der Waals surface area contributed by atoms with E-state index < -0.39 is 5.97 Å². The van der Waals surface area contributed by atoms with Gasteiger partial charge >= 0.3 is 5.97 Å². The number of aliphatic carboxylic acids is 1. The Morgan fingerprint density at radius 1 is 1.53 bits per heavy atom. The molecular formula is C11H13BrO3. The van der Waals surface area contributed by atoms with Crippen LogP contribution >= 0.6 is 15.9 Å². The second-order valence-electron chi connectivity index (χ2n) is 3.63. The van der Waals surface area contributed by atoms with Crippen molar-refractivity contribution in [2.24, 2.45) is 0 Å². The topological polar surface area (TPSA) is 57.5 Å². The molecule has 2 N–H and O–H groups in total. The Hall–Kier alpha value is -1.03. The van der Waals surface area contributed by atoms with E-state index in [4.69, 9.17) is 5.11 Å². The molecule has 0 spiro atoms. The van der Waals surface area contributed by atoms with E-state index in [-0.39, 0.29) is 18.1 Å². The smallest absolute Gasteiger partial charge is 0.303 e. The van der Waals surface area contributed by atoms with Crippen molar-refractivity contribution in [3.8, 4) is 5.75 Å². The number of hydrogen-bond donors (Lipinski definition) is 2. The molecule has 1 rings (SSSR count). The number of phenolic OH excluding ortho intramolecular Hbond substituents is 1. The van der Waals surface area contributed by atoms with Crippen molar-refractivity contribution in [1.82, 2.24) is 0 Å². The van der Waals surface area contributed by atoms with Crippen LogP contribution in [0.25, 0.3) is 0 Å². The highest BCUT2D eigenvalue weighted by molar-refractivity contribution is 9.10. The first-order chi connectivity index (χ1) is 6.93. The van der Waals surface area contributed by atoms with Crippen molar-refractivity contribution in [3.05, 3.63) is 27.7 Å². The Bertz CT molecular complexity index is 388. The molecule has 3 nitrogen and oxygen atoms in total. The lowest BCUT2D eigenvalue weighted by molar-refractivity contribution is -0.137. The van der Waals surface area contributed by atoms with Crippen molar-refractivity contribution in [2.75, 3.05) is 0 Å². The van der Waals surface area contributed by atoms with Gasteiger partial charge in [0.15, 0.2) is 0 Å². The van der Waals surface area contributed by atoms with E-state index in [9.17, 15) is 9.90 Å². The molecular weight excluding hydrogens is 260 g/mol. The molecule has 15 heavy (non-hydrogen) atoms. The van der Waals surface area contributed by atoms with E-state index in [1.807, 2.05) is 13.0 Å². The summed E-state index contributed by atoms with van der Waals surface area (Å²) in [6.07, 6.45) is 0.0187. The summed E-state index contributed by atoms with van der Waals surface area (Å²) in [6.45, 7) is 3.66. The van der Waals surface area contributed by atoms with E-state index in [0.29, 0.717) is 10.0 Å². The zero-order valence-corrected chi connectivity index (χ0v) is 10.2. The average molecular weight is 273 g/mol. The Morgan fingerprint density at radius 2 is 2.13 bits per heavy atom.